The van der Waals surface area contributed by atoms with Gasteiger partial charge in [0.15, 0.2) is 5.78 Å². The van der Waals surface area contributed by atoms with E-state index in [-0.39, 0.29) is 17.5 Å². The van der Waals surface area contributed by atoms with E-state index in [2.05, 4.69) is 9.97 Å². The molecule has 1 spiro atoms. The van der Waals surface area contributed by atoms with Crippen molar-refractivity contribution in [1.29, 1.82) is 5.41 Å². The van der Waals surface area contributed by atoms with Crippen molar-refractivity contribution in [2.75, 3.05) is 32.2 Å². The van der Waals surface area contributed by atoms with Crippen LogP contribution in [0.25, 0.3) is 11.0 Å². The molecule has 3 aromatic rings. The van der Waals surface area contributed by atoms with E-state index in [1.807, 2.05) is 36.4 Å². The quantitative estimate of drug-likeness (QED) is 0.618. The maximum Gasteiger partial charge on any atom is 0.219 e. The zero-order valence-electron chi connectivity index (χ0n) is 19.4. The van der Waals surface area contributed by atoms with Gasteiger partial charge in [-0.2, -0.15) is 0 Å². The fourth-order valence-electron chi connectivity index (χ4n) is 5.19. The Labute approximate surface area is 197 Å². The van der Waals surface area contributed by atoms with Crippen LogP contribution in [-0.2, 0) is 9.59 Å². The number of hydrogen-bond donors (Lipinski definition) is 2. The Balaban J connectivity index is 1.64. The topological polar surface area (TPSA) is 112 Å². The molecule has 1 unspecified atom stereocenters. The molecule has 9 nitrogen and oxygen atoms in total. The highest BCUT2D eigenvalue weighted by atomic mass is 16.5. The van der Waals surface area contributed by atoms with Gasteiger partial charge in [-0.25, -0.2) is 4.98 Å². The van der Waals surface area contributed by atoms with Crippen LogP contribution in [0.5, 0.6) is 11.5 Å². The molecule has 2 saturated heterocycles. The summed E-state index contributed by atoms with van der Waals surface area (Å²) in [6.45, 7) is 2.43. The molecule has 2 aromatic carbocycles. The maximum absolute atomic E-state index is 14.1. The number of Topliss-reactive ketones (excluding diaryl/α,β-unsaturated/α-hetero) is 1. The molecule has 0 aliphatic carbocycles. The number of piperidine rings is 1. The smallest absolute Gasteiger partial charge is 0.219 e. The minimum Gasteiger partial charge on any atom is -0.497 e. The Kier molecular flexibility index (Phi) is 5.27. The molecule has 1 atom stereocenters. The zero-order chi connectivity index (χ0) is 24.0. The number of anilines is 1. The number of hydrogen-bond acceptors (Lipinski definition) is 6. The summed E-state index contributed by atoms with van der Waals surface area (Å²) in [4.78, 5) is 37.6. The summed E-state index contributed by atoms with van der Waals surface area (Å²) in [6, 6.07) is 13.0. The molecule has 2 aliphatic rings. The molecule has 9 heteroatoms. The van der Waals surface area contributed by atoms with Crippen LogP contribution in [0.1, 0.15) is 31.5 Å². The van der Waals surface area contributed by atoms with Crippen molar-refractivity contribution in [2.24, 2.45) is 0 Å². The minimum atomic E-state index is -0.968. The number of amidine groups is 1. The van der Waals surface area contributed by atoms with Gasteiger partial charge in [-0.3, -0.25) is 15.0 Å². The van der Waals surface area contributed by atoms with Crippen molar-refractivity contribution in [3.05, 3.63) is 48.3 Å². The third-order valence-corrected chi connectivity index (χ3v) is 6.97. The third-order valence-electron chi connectivity index (χ3n) is 6.97. The molecular formula is C25H27N5O4. The Morgan fingerprint density at radius 1 is 1.12 bits per heavy atom. The maximum atomic E-state index is 14.1. The average Bonchev–Trinajstić information content (AvgIpc) is 3.35. The van der Waals surface area contributed by atoms with Gasteiger partial charge in [0.05, 0.1) is 30.9 Å². The van der Waals surface area contributed by atoms with E-state index in [1.165, 1.54) is 0 Å². The van der Waals surface area contributed by atoms with E-state index < -0.39 is 11.5 Å². The van der Waals surface area contributed by atoms with Gasteiger partial charge < -0.3 is 24.3 Å². The van der Waals surface area contributed by atoms with Crippen LogP contribution in [0.3, 0.4) is 0 Å². The van der Waals surface area contributed by atoms with Crippen LogP contribution >= 0.6 is 0 Å². The lowest BCUT2D eigenvalue weighted by molar-refractivity contribution is -0.133. The van der Waals surface area contributed by atoms with Gasteiger partial charge in [0.25, 0.3) is 0 Å². The lowest BCUT2D eigenvalue weighted by atomic mass is 9.81. The van der Waals surface area contributed by atoms with E-state index in [1.54, 1.807) is 37.0 Å². The Morgan fingerprint density at radius 2 is 1.76 bits per heavy atom. The van der Waals surface area contributed by atoms with E-state index in [9.17, 15) is 15.0 Å². The van der Waals surface area contributed by atoms with Crippen molar-refractivity contribution >= 4 is 34.2 Å². The number of nitrogens with zero attached hydrogens (tertiary/aromatic N) is 3. The van der Waals surface area contributed by atoms with Crippen molar-refractivity contribution in [1.82, 2.24) is 14.9 Å². The summed E-state index contributed by atoms with van der Waals surface area (Å²) in [5, 5.41) is 9.18. The molecule has 2 fully saturated rings. The second kappa shape index (κ2) is 8.16. The number of methoxy groups -OCH3 is 2. The van der Waals surface area contributed by atoms with Gasteiger partial charge in [0, 0.05) is 38.2 Å². The molecule has 1 aromatic heterocycles. The summed E-state index contributed by atoms with van der Waals surface area (Å²) < 4.78 is 10.9. The van der Waals surface area contributed by atoms with Crippen LogP contribution in [-0.4, -0.2) is 65.2 Å². The monoisotopic (exact) mass is 461 g/mol. The Bertz CT molecular complexity index is 1240. The van der Waals surface area contributed by atoms with E-state index in [0.717, 1.165) is 11.0 Å². The first-order chi connectivity index (χ1) is 16.4. The number of para-hydroxylation sites is 2. The van der Waals surface area contributed by atoms with Gasteiger partial charge >= 0.3 is 0 Å². The highest BCUT2D eigenvalue weighted by molar-refractivity contribution is 6.26. The highest BCUT2D eigenvalue weighted by Crippen LogP contribution is 2.46. The number of amides is 1. The predicted molar refractivity (Wildman–Crippen MR) is 128 cm³/mol. The number of aromatic nitrogens is 2. The molecule has 2 aliphatic heterocycles. The lowest BCUT2D eigenvalue weighted by Gasteiger charge is -2.44. The summed E-state index contributed by atoms with van der Waals surface area (Å²) in [6.07, 6.45) is 0.841. The first kappa shape index (κ1) is 21.9. The lowest BCUT2D eigenvalue weighted by Crippen LogP contribution is -2.57. The number of nitrogens with one attached hydrogen (secondary N) is 2. The largest absolute Gasteiger partial charge is 0.497 e. The summed E-state index contributed by atoms with van der Waals surface area (Å²) in [5.74, 6) is 0.808. The summed E-state index contributed by atoms with van der Waals surface area (Å²) in [5.41, 5.74) is 1.24. The first-order valence-electron chi connectivity index (χ1n) is 11.2. The fourth-order valence-corrected chi connectivity index (χ4v) is 5.19. The Hall–Kier alpha value is -3.88. The van der Waals surface area contributed by atoms with E-state index >= 15 is 0 Å². The fraction of sp³-hybridized carbons (Fsp3) is 0.360. The van der Waals surface area contributed by atoms with Crippen LogP contribution in [0, 0.1) is 5.41 Å². The normalized spacial score (nSPS) is 19.8. The van der Waals surface area contributed by atoms with Gasteiger partial charge in [0.2, 0.25) is 5.91 Å². The number of aromatic amines is 1. The zero-order valence-corrected chi connectivity index (χ0v) is 19.4. The SMILES string of the molecule is COc1cc(OC)cc(N2C(=N)C(c3nc4ccccc4[nH]3)C(=O)C23CCN(C(C)=O)CC3)c1. The van der Waals surface area contributed by atoms with Crippen molar-refractivity contribution < 1.29 is 19.1 Å². The Morgan fingerprint density at radius 3 is 2.35 bits per heavy atom. The van der Waals surface area contributed by atoms with Gasteiger partial charge in [-0.1, -0.05) is 12.1 Å². The molecule has 5 rings (SSSR count). The van der Waals surface area contributed by atoms with Crippen molar-refractivity contribution in [3.8, 4) is 11.5 Å². The average molecular weight is 462 g/mol. The predicted octanol–water partition coefficient (Wildman–Crippen LogP) is 3.11. The highest BCUT2D eigenvalue weighted by Gasteiger charge is 2.59. The van der Waals surface area contributed by atoms with Crippen LogP contribution in [0.2, 0.25) is 0 Å². The number of carbonyl (C=O) groups is 2. The number of carbonyl (C=O) groups excluding carboxylic acids is 2. The third kappa shape index (κ3) is 3.30. The van der Waals surface area contributed by atoms with Crippen molar-refractivity contribution in [2.45, 2.75) is 31.2 Å². The first-order valence-corrected chi connectivity index (χ1v) is 11.2. The number of benzene rings is 2. The second-order valence-corrected chi connectivity index (χ2v) is 8.77. The number of ether oxygens (including phenoxy) is 2. The number of fused-ring (bicyclic) bond motifs is 1. The van der Waals surface area contributed by atoms with E-state index in [0.29, 0.717) is 48.9 Å². The van der Waals surface area contributed by atoms with Gasteiger partial charge in [-0.05, 0) is 25.0 Å². The molecular weight excluding hydrogens is 434 g/mol. The molecule has 2 N–H and O–H groups in total. The summed E-state index contributed by atoms with van der Waals surface area (Å²) in [7, 11) is 3.13. The standard InChI is InChI=1S/C25H27N5O4/c1-15(31)29-10-8-25(9-11-29)22(32)21(24-27-19-6-4-5-7-20(19)28-24)23(26)30(25)16-12-17(33-2)14-18(13-16)34-3/h4-7,12-14,21,26H,8-11H2,1-3H3,(H,27,28). The number of ketones is 1. The number of likely N-dealkylation sites (tertiary alicyclic amines) is 1. The van der Waals surface area contributed by atoms with Crippen LogP contribution in [0.15, 0.2) is 42.5 Å². The van der Waals surface area contributed by atoms with E-state index in [4.69, 9.17) is 9.47 Å². The molecule has 34 heavy (non-hydrogen) atoms. The molecule has 1 amide bonds. The minimum absolute atomic E-state index is 0.0150. The van der Waals surface area contributed by atoms with Crippen LogP contribution in [0.4, 0.5) is 5.69 Å². The van der Waals surface area contributed by atoms with Crippen LogP contribution < -0.4 is 14.4 Å². The molecule has 0 bridgehead atoms. The summed E-state index contributed by atoms with van der Waals surface area (Å²) >= 11 is 0. The van der Waals surface area contributed by atoms with Gasteiger partial charge in [-0.15, -0.1) is 0 Å². The molecule has 3 heterocycles. The molecule has 0 saturated carbocycles. The van der Waals surface area contributed by atoms with Crippen molar-refractivity contribution in [3.63, 3.8) is 0 Å². The number of H-pyrrole nitrogens is 1. The number of rotatable bonds is 4. The van der Waals surface area contributed by atoms with Gasteiger partial charge in [0.1, 0.15) is 34.6 Å². The second-order valence-electron chi connectivity index (χ2n) is 8.77. The molecule has 0 radical (unpaired) electrons. The number of imidazole rings is 1. The molecule has 176 valence electrons.